The van der Waals surface area contributed by atoms with Crippen LogP contribution in [-0.2, 0) is 11.3 Å². The van der Waals surface area contributed by atoms with Crippen LogP contribution in [0.25, 0.3) is 12.2 Å². The van der Waals surface area contributed by atoms with Gasteiger partial charge in [0.2, 0.25) is 5.56 Å². The summed E-state index contributed by atoms with van der Waals surface area (Å²) in [6.07, 6.45) is 15.1. The Hall–Kier alpha value is -2.66. The Morgan fingerprint density at radius 3 is 2.59 bits per heavy atom. The van der Waals surface area contributed by atoms with Crippen LogP contribution in [-0.4, -0.2) is 22.8 Å². The average molecular weight is 407 g/mol. The van der Waals surface area contributed by atoms with Crippen molar-refractivity contribution in [3.8, 4) is 0 Å². The van der Waals surface area contributed by atoms with Crippen LogP contribution in [0.15, 0.2) is 72.4 Å². The number of aromatic nitrogens is 1. The first-order chi connectivity index (χ1) is 14.2. The van der Waals surface area contributed by atoms with Crippen LogP contribution in [0.4, 0.5) is 5.69 Å². The normalized spacial score (nSPS) is 18.4. The van der Waals surface area contributed by atoms with Crippen LogP contribution in [0.3, 0.4) is 0 Å². The van der Waals surface area contributed by atoms with E-state index in [1.807, 2.05) is 36.0 Å². The van der Waals surface area contributed by atoms with E-state index in [4.69, 9.17) is 10.5 Å². The van der Waals surface area contributed by atoms with Gasteiger partial charge in [0.1, 0.15) is 5.76 Å². The van der Waals surface area contributed by atoms with Gasteiger partial charge in [-0.1, -0.05) is 42.1 Å². The Bertz CT molecular complexity index is 916. The number of allylic oxidation sites excluding steroid dienone is 3. The van der Waals surface area contributed by atoms with Gasteiger partial charge in [-0.3, -0.25) is 0 Å². The molecule has 0 fully saturated rings. The fourth-order valence-corrected chi connectivity index (χ4v) is 4.68. The summed E-state index contributed by atoms with van der Waals surface area (Å²) in [5.41, 5.74) is 10.2. The smallest absolute Gasteiger partial charge is 0.221 e. The lowest BCUT2D eigenvalue weighted by Gasteiger charge is -2.24. The molecule has 29 heavy (non-hydrogen) atoms. The molecule has 1 unspecified atom stereocenters. The molecule has 0 radical (unpaired) electrons. The van der Waals surface area contributed by atoms with E-state index in [1.54, 1.807) is 0 Å². The second-order valence-electron chi connectivity index (χ2n) is 7.20. The number of thioether (sulfide) groups is 1. The predicted molar refractivity (Wildman–Crippen MR) is 122 cm³/mol. The first-order valence-electron chi connectivity index (χ1n) is 10.2. The van der Waals surface area contributed by atoms with Crippen LogP contribution in [0, 0.1) is 0 Å². The topological polar surface area (TPSA) is 42.4 Å². The van der Waals surface area contributed by atoms with Gasteiger partial charge >= 0.3 is 0 Å². The molecule has 0 spiro atoms. The molecule has 1 atom stereocenters. The zero-order valence-electron chi connectivity index (χ0n) is 16.8. The SMILES string of the molecule is CCN1C2=C(CCC=C2)OC1SCC[n+]1ccc(/C=C/c2ccc(N)cc2)cc1. The molecule has 0 saturated heterocycles. The monoisotopic (exact) mass is 406 g/mol. The molecule has 2 aromatic rings. The van der Waals surface area contributed by atoms with Crippen molar-refractivity contribution in [1.29, 1.82) is 0 Å². The number of ether oxygens (including phenoxy) is 1. The second kappa shape index (κ2) is 9.23. The van der Waals surface area contributed by atoms with Crippen molar-refractivity contribution in [2.45, 2.75) is 31.9 Å². The van der Waals surface area contributed by atoms with Gasteiger partial charge in [0.15, 0.2) is 18.9 Å². The van der Waals surface area contributed by atoms with Gasteiger partial charge in [-0.25, -0.2) is 4.57 Å². The predicted octanol–water partition coefficient (Wildman–Crippen LogP) is 4.66. The first kappa shape index (κ1) is 19.6. The third kappa shape index (κ3) is 4.85. The van der Waals surface area contributed by atoms with E-state index in [1.165, 1.54) is 11.3 Å². The van der Waals surface area contributed by atoms with Gasteiger partial charge in [0.05, 0.1) is 11.4 Å². The minimum absolute atomic E-state index is 0.107. The van der Waals surface area contributed by atoms with E-state index < -0.39 is 0 Å². The number of nitrogens with zero attached hydrogens (tertiary/aromatic N) is 2. The largest absolute Gasteiger partial charge is 0.463 e. The number of hydrogen-bond acceptors (Lipinski definition) is 4. The molecule has 2 N–H and O–H groups in total. The van der Waals surface area contributed by atoms with Crippen LogP contribution in [0.2, 0.25) is 0 Å². The summed E-state index contributed by atoms with van der Waals surface area (Å²) in [5, 5.41) is 0. The number of likely N-dealkylation sites (N-methyl/N-ethyl adjacent to an activating group) is 1. The minimum Gasteiger partial charge on any atom is -0.463 e. The summed E-state index contributed by atoms with van der Waals surface area (Å²) in [5.74, 6) is 2.17. The fraction of sp³-hybridized carbons (Fsp3) is 0.292. The van der Waals surface area contributed by atoms with Crippen molar-refractivity contribution in [1.82, 2.24) is 4.90 Å². The molecule has 4 nitrogen and oxygen atoms in total. The third-order valence-corrected chi connectivity index (χ3v) is 6.23. The number of nitrogens with two attached hydrogens (primary N) is 1. The van der Waals surface area contributed by atoms with E-state index in [0.717, 1.165) is 48.7 Å². The summed E-state index contributed by atoms with van der Waals surface area (Å²) in [7, 11) is 0. The summed E-state index contributed by atoms with van der Waals surface area (Å²) < 4.78 is 8.43. The van der Waals surface area contributed by atoms with E-state index in [-0.39, 0.29) is 5.56 Å². The highest BCUT2D eigenvalue weighted by atomic mass is 32.2. The van der Waals surface area contributed by atoms with E-state index >= 15 is 0 Å². The van der Waals surface area contributed by atoms with Gasteiger partial charge in [-0.05, 0) is 42.7 Å². The highest BCUT2D eigenvalue weighted by Crippen LogP contribution is 2.37. The van der Waals surface area contributed by atoms with Crippen molar-refractivity contribution < 1.29 is 9.30 Å². The van der Waals surface area contributed by atoms with E-state index in [0.29, 0.717) is 0 Å². The standard InChI is InChI=1S/C24H27N3OS/c1-2-27-22-5-3-4-6-23(22)28-24(27)29-18-17-26-15-13-20(14-16-26)8-7-19-9-11-21(25)12-10-19/h3,5,7-16,24-25H,2,4,6,17-18H2,1H3/p+1. The Morgan fingerprint density at radius 2 is 1.86 bits per heavy atom. The van der Waals surface area contributed by atoms with Gasteiger partial charge < -0.3 is 15.4 Å². The molecule has 1 aliphatic carbocycles. The lowest BCUT2D eigenvalue weighted by atomic mass is 10.1. The first-order valence-corrected chi connectivity index (χ1v) is 11.2. The molecule has 1 aromatic heterocycles. The Balaban J connectivity index is 1.27. The quantitative estimate of drug-likeness (QED) is 0.537. The minimum atomic E-state index is 0.107. The van der Waals surface area contributed by atoms with Crippen molar-refractivity contribution >= 4 is 29.6 Å². The van der Waals surface area contributed by atoms with Gasteiger partial charge in [0.25, 0.3) is 0 Å². The van der Waals surface area contributed by atoms with Crippen molar-refractivity contribution in [2.75, 3.05) is 18.0 Å². The number of benzene rings is 1. The molecule has 2 aliphatic rings. The third-order valence-electron chi connectivity index (χ3n) is 5.18. The number of hydrogen-bond donors (Lipinski definition) is 1. The molecular formula is C24H28N3OS+. The maximum atomic E-state index is 6.20. The van der Waals surface area contributed by atoms with Crippen LogP contribution in [0.1, 0.15) is 30.9 Å². The van der Waals surface area contributed by atoms with Crippen LogP contribution >= 0.6 is 11.8 Å². The van der Waals surface area contributed by atoms with Crippen molar-refractivity contribution in [2.24, 2.45) is 0 Å². The molecular weight excluding hydrogens is 378 g/mol. The maximum absolute atomic E-state index is 6.20. The molecule has 1 aromatic carbocycles. The summed E-state index contributed by atoms with van der Waals surface area (Å²) in [6.45, 7) is 4.13. The lowest BCUT2D eigenvalue weighted by molar-refractivity contribution is -0.692. The maximum Gasteiger partial charge on any atom is 0.221 e. The van der Waals surface area contributed by atoms with Gasteiger partial charge in [-0.15, -0.1) is 0 Å². The Kier molecular flexibility index (Phi) is 6.25. The van der Waals surface area contributed by atoms with E-state index in [9.17, 15) is 0 Å². The van der Waals surface area contributed by atoms with Gasteiger partial charge in [0, 0.05) is 30.8 Å². The van der Waals surface area contributed by atoms with Crippen molar-refractivity contribution in [3.63, 3.8) is 0 Å². The number of aryl methyl sites for hydroxylation is 1. The number of nitrogen functional groups attached to an aromatic ring is 1. The molecule has 2 heterocycles. The Labute approximate surface area is 177 Å². The molecule has 1 aliphatic heterocycles. The highest BCUT2D eigenvalue weighted by Gasteiger charge is 2.32. The Morgan fingerprint density at radius 1 is 1.14 bits per heavy atom. The molecule has 4 rings (SSSR count). The van der Waals surface area contributed by atoms with Crippen LogP contribution < -0.4 is 10.3 Å². The average Bonchev–Trinajstić information content (AvgIpc) is 3.11. The summed E-state index contributed by atoms with van der Waals surface area (Å²) >= 11 is 1.87. The molecule has 0 saturated carbocycles. The fourth-order valence-electron chi connectivity index (χ4n) is 3.54. The van der Waals surface area contributed by atoms with Crippen LogP contribution in [0.5, 0.6) is 0 Å². The molecule has 5 heteroatoms. The van der Waals surface area contributed by atoms with Gasteiger partial charge in [-0.2, -0.15) is 0 Å². The molecule has 0 bridgehead atoms. The molecule has 150 valence electrons. The summed E-state index contributed by atoms with van der Waals surface area (Å²) in [4.78, 5) is 2.37. The zero-order chi connectivity index (χ0) is 20.1. The number of pyridine rings is 1. The second-order valence-corrected chi connectivity index (χ2v) is 8.35. The highest BCUT2D eigenvalue weighted by molar-refractivity contribution is 7.99. The zero-order valence-corrected chi connectivity index (χ0v) is 17.6. The lowest BCUT2D eigenvalue weighted by Crippen LogP contribution is -2.35. The van der Waals surface area contributed by atoms with E-state index in [2.05, 4.69) is 65.2 Å². The molecule has 0 amide bonds. The summed E-state index contributed by atoms with van der Waals surface area (Å²) in [6, 6.07) is 12.2. The number of rotatable bonds is 7. The number of anilines is 1. The van der Waals surface area contributed by atoms with Crippen molar-refractivity contribution in [3.05, 3.63) is 83.5 Å².